The molecule has 0 fully saturated rings. The summed E-state index contributed by atoms with van der Waals surface area (Å²) in [6.45, 7) is 2.46. The van der Waals surface area contributed by atoms with E-state index in [4.69, 9.17) is 4.74 Å². The molecule has 82 valence electrons. The highest BCUT2D eigenvalue weighted by Crippen LogP contribution is 2.15. The Kier molecular flexibility index (Phi) is 2.95. The summed E-state index contributed by atoms with van der Waals surface area (Å²) >= 11 is 0. The van der Waals surface area contributed by atoms with Crippen LogP contribution < -0.4 is 4.74 Å². The lowest BCUT2D eigenvalue weighted by molar-refractivity contribution is 0.102. The molecule has 0 bridgehead atoms. The van der Waals surface area contributed by atoms with Gasteiger partial charge in [0.25, 0.3) is 0 Å². The first-order valence-electron chi connectivity index (χ1n) is 4.94. The van der Waals surface area contributed by atoms with Gasteiger partial charge in [-0.25, -0.2) is 4.98 Å². The van der Waals surface area contributed by atoms with Gasteiger partial charge in [0.15, 0.2) is 5.82 Å². The van der Waals surface area contributed by atoms with E-state index in [0.29, 0.717) is 17.9 Å². The standard InChI is InChI=1S/C11H11N3O2/c1-2-16-9-5-3-4-8(6-9)10(15)11-12-7-13-14-11/h3-7H,2H2,1H3,(H,12,13,14). The molecule has 0 aliphatic heterocycles. The zero-order chi connectivity index (χ0) is 11.4. The summed E-state index contributed by atoms with van der Waals surface area (Å²) in [6.07, 6.45) is 1.31. The molecule has 0 atom stereocenters. The van der Waals surface area contributed by atoms with E-state index in [2.05, 4.69) is 15.2 Å². The molecule has 0 unspecified atom stereocenters. The van der Waals surface area contributed by atoms with E-state index >= 15 is 0 Å². The molecule has 2 rings (SSSR count). The maximum atomic E-state index is 11.9. The minimum atomic E-state index is -0.195. The van der Waals surface area contributed by atoms with Gasteiger partial charge >= 0.3 is 0 Å². The van der Waals surface area contributed by atoms with E-state index in [-0.39, 0.29) is 11.6 Å². The summed E-state index contributed by atoms with van der Waals surface area (Å²) in [6, 6.07) is 6.98. The quantitative estimate of drug-likeness (QED) is 0.787. The Morgan fingerprint density at radius 3 is 3.06 bits per heavy atom. The van der Waals surface area contributed by atoms with Gasteiger partial charge in [0.1, 0.15) is 12.1 Å². The summed E-state index contributed by atoms with van der Waals surface area (Å²) in [7, 11) is 0. The molecule has 0 saturated heterocycles. The van der Waals surface area contributed by atoms with Crippen molar-refractivity contribution in [2.75, 3.05) is 6.61 Å². The molecule has 1 N–H and O–H groups in total. The SMILES string of the molecule is CCOc1cccc(C(=O)c2ncn[nH]2)c1. The Morgan fingerprint density at radius 1 is 1.50 bits per heavy atom. The van der Waals surface area contributed by atoms with Crippen LogP contribution in [-0.2, 0) is 0 Å². The van der Waals surface area contributed by atoms with Gasteiger partial charge in [0, 0.05) is 5.56 Å². The van der Waals surface area contributed by atoms with Gasteiger partial charge in [-0.15, -0.1) is 0 Å². The molecule has 1 heterocycles. The second-order valence-electron chi connectivity index (χ2n) is 3.12. The highest BCUT2D eigenvalue weighted by molar-refractivity contribution is 6.06. The molecule has 0 aliphatic carbocycles. The number of nitrogens with one attached hydrogen (secondary N) is 1. The molecular weight excluding hydrogens is 206 g/mol. The van der Waals surface area contributed by atoms with Crippen LogP contribution in [0.4, 0.5) is 0 Å². The second kappa shape index (κ2) is 4.57. The number of carbonyl (C=O) groups is 1. The first-order chi connectivity index (χ1) is 7.81. The fourth-order valence-corrected chi connectivity index (χ4v) is 1.35. The molecule has 1 aromatic heterocycles. The number of nitrogens with zero attached hydrogens (tertiary/aromatic N) is 2. The van der Waals surface area contributed by atoms with Crippen molar-refractivity contribution in [1.29, 1.82) is 0 Å². The third-order valence-electron chi connectivity index (χ3n) is 2.04. The number of ketones is 1. The summed E-state index contributed by atoms with van der Waals surface area (Å²) in [4.78, 5) is 15.7. The van der Waals surface area contributed by atoms with Crippen LogP contribution in [0.1, 0.15) is 23.1 Å². The van der Waals surface area contributed by atoms with Crippen LogP contribution in [0.5, 0.6) is 5.75 Å². The van der Waals surface area contributed by atoms with Crippen molar-refractivity contribution in [3.05, 3.63) is 42.0 Å². The Hall–Kier alpha value is -2.17. The monoisotopic (exact) mass is 217 g/mol. The van der Waals surface area contributed by atoms with E-state index in [1.165, 1.54) is 6.33 Å². The van der Waals surface area contributed by atoms with Crippen LogP contribution in [0.25, 0.3) is 0 Å². The van der Waals surface area contributed by atoms with Gasteiger partial charge in [-0.05, 0) is 19.1 Å². The minimum Gasteiger partial charge on any atom is -0.494 e. The molecule has 0 amide bonds. The molecule has 5 heteroatoms. The molecule has 0 spiro atoms. The molecule has 0 aliphatic rings. The van der Waals surface area contributed by atoms with E-state index in [9.17, 15) is 4.79 Å². The first-order valence-corrected chi connectivity index (χ1v) is 4.94. The molecule has 0 radical (unpaired) electrons. The third-order valence-corrected chi connectivity index (χ3v) is 2.04. The lowest BCUT2D eigenvalue weighted by atomic mass is 10.1. The Labute approximate surface area is 92.5 Å². The maximum Gasteiger partial charge on any atom is 0.229 e. The number of rotatable bonds is 4. The number of hydrogen-bond donors (Lipinski definition) is 1. The van der Waals surface area contributed by atoms with Crippen LogP contribution in [0.15, 0.2) is 30.6 Å². The zero-order valence-electron chi connectivity index (χ0n) is 8.80. The summed E-state index contributed by atoms with van der Waals surface area (Å²) in [5, 5.41) is 6.17. The summed E-state index contributed by atoms with van der Waals surface area (Å²) in [5.41, 5.74) is 0.530. The van der Waals surface area contributed by atoms with Crippen LogP contribution in [-0.4, -0.2) is 27.6 Å². The van der Waals surface area contributed by atoms with Gasteiger partial charge in [-0.2, -0.15) is 5.10 Å². The van der Waals surface area contributed by atoms with Gasteiger partial charge in [0.2, 0.25) is 5.78 Å². The summed E-state index contributed by atoms with van der Waals surface area (Å²) in [5.74, 6) is 0.709. The fraction of sp³-hybridized carbons (Fsp3) is 0.182. The van der Waals surface area contributed by atoms with Crippen LogP contribution in [0.3, 0.4) is 0 Å². The average Bonchev–Trinajstić information content (AvgIpc) is 2.82. The second-order valence-corrected chi connectivity index (χ2v) is 3.12. The van der Waals surface area contributed by atoms with Crippen LogP contribution >= 0.6 is 0 Å². The largest absolute Gasteiger partial charge is 0.494 e. The molecule has 5 nitrogen and oxygen atoms in total. The Balaban J connectivity index is 2.27. The number of carbonyl (C=O) groups excluding carboxylic acids is 1. The van der Waals surface area contributed by atoms with Crippen molar-refractivity contribution in [2.45, 2.75) is 6.92 Å². The van der Waals surface area contributed by atoms with Gasteiger partial charge in [0.05, 0.1) is 6.61 Å². The van der Waals surface area contributed by atoms with Gasteiger partial charge in [-0.3, -0.25) is 9.89 Å². The van der Waals surface area contributed by atoms with Crippen molar-refractivity contribution >= 4 is 5.78 Å². The smallest absolute Gasteiger partial charge is 0.229 e. The predicted octanol–water partition coefficient (Wildman–Crippen LogP) is 1.43. The fourth-order valence-electron chi connectivity index (χ4n) is 1.35. The van der Waals surface area contributed by atoms with Gasteiger partial charge < -0.3 is 4.74 Å². The average molecular weight is 217 g/mol. The lowest BCUT2D eigenvalue weighted by Gasteiger charge is -2.03. The molecule has 2 aromatic rings. The highest BCUT2D eigenvalue weighted by Gasteiger charge is 2.12. The van der Waals surface area contributed by atoms with Crippen molar-refractivity contribution in [3.63, 3.8) is 0 Å². The van der Waals surface area contributed by atoms with E-state index in [0.717, 1.165) is 0 Å². The zero-order valence-corrected chi connectivity index (χ0v) is 8.80. The molecule has 16 heavy (non-hydrogen) atoms. The Morgan fingerprint density at radius 2 is 2.38 bits per heavy atom. The summed E-state index contributed by atoms with van der Waals surface area (Å²) < 4.78 is 5.32. The van der Waals surface area contributed by atoms with E-state index in [1.807, 2.05) is 6.92 Å². The number of H-pyrrole nitrogens is 1. The highest BCUT2D eigenvalue weighted by atomic mass is 16.5. The number of benzene rings is 1. The number of aromatic amines is 1. The topological polar surface area (TPSA) is 67.9 Å². The van der Waals surface area contributed by atoms with E-state index < -0.39 is 0 Å². The Bertz CT molecular complexity index is 480. The molecule has 0 saturated carbocycles. The van der Waals surface area contributed by atoms with E-state index in [1.54, 1.807) is 24.3 Å². The number of ether oxygens (including phenoxy) is 1. The third kappa shape index (κ3) is 2.08. The van der Waals surface area contributed by atoms with Crippen LogP contribution in [0, 0.1) is 0 Å². The normalized spacial score (nSPS) is 10.1. The predicted molar refractivity (Wildman–Crippen MR) is 57.4 cm³/mol. The molecule has 1 aromatic carbocycles. The first kappa shape index (κ1) is 10.4. The minimum absolute atomic E-state index is 0.195. The number of hydrogen-bond acceptors (Lipinski definition) is 4. The van der Waals surface area contributed by atoms with Crippen LogP contribution in [0.2, 0.25) is 0 Å². The number of aromatic nitrogens is 3. The van der Waals surface area contributed by atoms with Crippen molar-refractivity contribution in [2.24, 2.45) is 0 Å². The van der Waals surface area contributed by atoms with Crippen molar-refractivity contribution in [1.82, 2.24) is 15.2 Å². The molecular formula is C11H11N3O2. The van der Waals surface area contributed by atoms with Crippen molar-refractivity contribution < 1.29 is 9.53 Å². The lowest BCUT2D eigenvalue weighted by Crippen LogP contribution is -2.04. The van der Waals surface area contributed by atoms with Gasteiger partial charge in [-0.1, -0.05) is 12.1 Å². The maximum absolute atomic E-state index is 11.9. The van der Waals surface area contributed by atoms with Crippen molar-refractivity contribution in [3.8, 4) is 5.75 Å².